The molecule has 0 unspecified atom stereocenters. The summed E-state index contributed by atoms with van der Waals surface area (Å²) in [5.74, 6) is 0.0566. The summed E-state index contributed by atoms with van der Waals surface area (Å²) in [5.41, 5.74) is 3.15. The molecule has 2 N–H and O–H groups in total. The SMILES string of the molecule is O=C(CCc1ccsc1)Nc1ccc2[nH]ccc2c1. The average Bonchev–Trinajstić information content (AvgIpc) is 3.07. The third-order valence-electron chi connectivity index (χ3n) is 3.06. The number of hydrogen-bond acceptors (Lipinski definition) is 2. The van der Waals surface area contributed by atoms with E-state index in [1.54, 1.807) is 11.3 Å². The lowest BCUT2D eigenvalue weighted by molar-refractivity contribution is -0.116. The Hall–Kier alpha value is -2.07. The first-order valence-electron chi connectivity index (χ1n) is 6.19. The van der Waals surface area contributed by atoms with Crippen LogP contribution < -0.4 is 5.32 Å². The molecule has 2 aromatic heterocycles. The second-order valence-corrected chi connectivity index (χ2v) is 5.24. The average molecular weight is 270 g/mol. The van der Waals surface area contributed by atoms with Crippen molar-refractivity contribution in [3.63, 3.8) is 0 Å². The summed E-state index contributed by atoms with van der Waals surface area (Å²) in [6.07, 6.45) is 3.20. The Balaban J connectivity index is 1.62. The maximum Gasteiger partial charge on any atom is 0.224 e. The largest absolute Gasteiger partial charge is 0.361 e. The van der Waals surface area contributed by atoms with Gasteiger partial charge in [-0.3, -0.25) is 4.79 Å². The van der Waals surface area contributed by atoms with E-state index in [9.17, 15) is 4.79 Å². The molecule has 0 aliphatic rings. The van der Waals surface area contributed by atoms with Crippen LogP contribution >= 0.6 is 11.3 Å². The zero-order chi connectivity index (χ0) is 13.1. The van der Waals surface area contributed by atoms with E-state index in [0.717, 1.165) is 23.0 Å². The van der Waals surface area contributed by atoms with E-state index in [0.29, 0.717) is 6.42 Å². The monoisotopic (exact) mass is 270 g/mol. The minimum atomic E-state index is 0.0566. The number of hydrogen-bond donors (Lipinski definition) is 2. The fourth-order valence-electron chi connectivity index (χ4n) is 2.05. The van der Waals surface area contributed by atoms with Crippen molar-refractivity contribution < 1.29 is 4.79 Å². The second-order valence-electron chi connectivity index (χ2n) is 4.46. The molecule has 2 heterocycles. The lowest BCUT2D eigenvalue weighted by atomic mass is 10.2. The number of amides is 1. The van der Waals surface area contributed by atoms with Gasteiger partial charge in [0.1, 0.15) is 0 Å². The molecule has 3 aromatic rings. The van der Waals surface area contributed by atoms with Crippen LogP contribution in [0.25, 0.3) is 10.9 Å². The quantitative estimate of drug-likeness (QED) is 0.744. The Kier molecular flexibility index (Phi) is 3.33. The van der Waals surface area contributed by atoms with Gasteiger partial charge >= 0.3 is 0 Å². The number of anilines is 1. The summed E-state index contributed by atoms with van der Waals surface area (Å²) in [5, 5.41) is 8.16. The second kappa shape index (κ2) is 5.28. The minimum Gasteiger partial charge on any atom is -0.361 e. The number of aromatic nitrogens is 1. The Morgan fingerprint density at radius 1 is 1.26 bits per heavy atom. The molecule has 96 valence electrons. The molecule has 0 saturated carbocycles. The molecule has 0 fully saturated rings. The van der Waals surface area contributed by atoms with Crippen molar-refractivity contribution in [2.75, 3.05) is 5.32 Å². The number of thiophene rings is 1. The predicted molar refractivity (Wildman–Crippen MR) is 79.6 cm³/mol. The van der Waals surface area contributed by atoms with Gasteiger partial charge in [-0.2, -0.15) is 11.3 Å². The fraction of sp³-hybridized carbons (Fsp3) is 0.133. The molecule has 1 amide bonds. The molecule has 0 aliphatic heterocycles. The van der Waals surface area contributed by atoms with Crippen LogP contribution in [0, 0.1) is 0 Å². The Bertz CT molecular complexity index is 685. The van der Waals surface area contributed by atoms with Crippen LogP contribution in [-0.4, -0.2) is 10.9 Å². The van der Waals surface area contributed by atoms with Crippen molar-refractivity contribution in [1.82, 2.24) is 4.98 Å². The molecule has 0 radical (unpaired) electrons. The smallest absolute Gasteiger partial charge is 0.224 e. The molecule has 3 nitrogen and oxygen atoms in total. The zero-order valence-corrected chi connectivity index (χ0v) is 11.2. The minimum absolute atomic E-state index is 0.0566. The van der Waals surface area contributed by atoms with Crippen LogP contribution in [0.3, 0.4) is 0 Å². The van der Waals surface area contributed by atoms with Crippen molar-refractivity contribution in [3.05, 3.63) is 52.9 Å². The third-order valence-corrected chi connectivity index (χ3v) is 3.79. The Labute approximate surface area is 115 Å². The van der Waals surface area contributed by atoms with E-state index < -0.39 is 0 Å². The van der Waals surface area contributed by atoms with Gasteiger partial charge in [0.05, 0.1) is 0 Å². The summed E-state index contributed by atoms with van der Waals surface area (Å²) in [4.78, 5) is 15.0. The number of carbonyl (C=O) groups is 1. The first-order chi connectivity index (χ1) is 9.31. The van der Waals surface area contributed by atoms with Crippen LogP contribution in [-0.2, 0) is 11.2 Å². The van der Waals surface area contributed by atoms with Crippen LogP contribution in [0.4, 0.5) is 5.69 Å². The maximum absolute atomic E-state index is 11.9. The van der Waals surface area contributed by atoms with Gasteiger partial charge in [0.15, 0.2) is 0 Å². The van der Waals surface area contributed by atoms with Gasteiger partial charge in [-0.1, -0.05) is 0 Å². The van der Waals surface area contributed by atoms with Gasteiger partial charge in [0, 0.05) is 29.2 Å². The van der Waals surface area contributed by atoms with Crippen molar-refractivity contribution in [3.8, 4) is 0 Å². The molecule has 0 atom stereocenters. The number of H-pyrrole nitrogens is 1. The summed E-state index contributed by atoms with van der Waals surface area (Å²) >= 11 is 1.66. The summed E-state index contributed by atoms with van der Waals surface area (Å²) in [6.45, 7) is 0. The molecule has 0 aliphatic carbocycles. The topological polar surface area (TPSA) is 44.9 Å². The number of aromatic amines is 1. The van der Waals surface area contributed by atoms with Crippen molar-refractivity contribution in [2.24, 2.45) is 0 Å². The Morgan fingerprint density at radius 3 is 3.05 bits per heavy atom. The highest BCUT2D eigenvalue weighted by Gasteiger charge is 2.04. The summed E-state index contributed by atoms with van der Waals surface area (Å²) in [6, 6.07) is 9.93. The lowest BCUT2D eigenvalue weighted by Gasteiger charge is -2.05. The number of fused-ring (bicyclic) bond motifs is 1. The van der Waals surface area contributed by atoms with E-state index in [2.05, 4.69) is 21.7 Å². The maximum atomic E-state index is 11.9. The first kappa shape index (κ1) is 12.0. The van der Waals surface area contributed by atoms with E-state index in [1.807, 2.05) is 35.8 Å². The van der Waals surface area contributed by atoms with Gasteiger partial charge in [-0.25, -0.2) is 0 Å². The first-order valence-corrected chi connectivity index (χ1v) is 7.13. The van der Waals surface area contributed by atoms with Crippen molar-refractivity contribution in [1.29, 1.82) is 0 Å². The van der Waals surface area contributed by atoms with Crippen LogP contribution in [0.1, 0.15) is 12.0 Å². The Morgan fingerprint density at radius 2 is 2.21 bits per heavy atom. The number of carbonyl (C=O) groups excluding carboxylic acids is 1. The number of aryl methyl sites for hydroxylation is 1. The van der Waals surface area contributed by atoms with Gasteiger partial charge in [-0.05, 0) is 53.1 Å². The van der Waals surface area contributed by atoms with Gasteiger partial charge < -0.3 is 10.3 Å². The zero-order valence-electron chi connectivity index (χ0n) is 10.3. The molecule has 0 saturated heterocycles. The molecular formula is C15H14N2OS. The fourth-order valence-corrected chi connectivity index (χ4v) is 2.75. The standard InChI is InChI=1S/C15H14N2OS/c18-15(4-1-11-6-8-19-10-11)17-13-2-3-14-12(9-13)5-7-16-14/h2-3,5-10,16H,1,4H2,(H,17,18). The highest BCUT2D eigenvalue weighted by Crippen LogP contribution is 2.18. The molecule has 0 spiro atoms. The number of rotatable bonds is 4. The summed E-state index contributed by atoms with van der Waals surface area (Å²) in [7, 11) is 0. The predicted octanol–water partition coefficient (Wildman–Crippen LogP) is 3.80. The third kappa shape index (κ3) is 2.85. The highest BCUT2D eigenvalue weighted by molar-refractivity contribution is 7.07. The van der Waals surface area contributed by atoms with Crippen LogP contribution in [0.15, 0.2) is 47.3 Å². The van der Waals surface area contributed by atoms with Crippen LogP contribution in [0.5, 0.6) is 0 Å². The van der Waals surface area contributed by atoms with E-state index in [4.69, 9.17) is 0 Å². The molecule has 0 bridgehead atoms. The summed E-state index contributed by atoms with van der Waals surface area (Å²) < 4.78 is 0. The van der Waals surface area contributed by atoms with E-state index >= 15 is 0 Å². The molecular weight excluding hydrogens is 256 g/mol. The highest BCUT2D eigenvalue weighted by atomic mass is 32.1. The normalized spacial score (nSPS) is 10.7. The van der Waals surface area contributed by atoms with Gasteiger partial charge in [-0.15, -0.1) is 0 Å². The number of nitrogens with one attached hydrogen (secondary N) is 2. The van der Waals surface area contributed by atoms with Crippen molar-refractivity contribution >= 4 is 33.8 Å². The number of benzene rings is 1. The van der Waals surface area contributed by atoms with E-state index in [-0.39, 0.29) is 5.91 Å². The van der Waals surface area contributed by atoms with Crippen molar-refractivity contribution in [2.45, 2.75) is 12.8 Å². The van der Waals surface area contributed by atoms with Gasteiger partial charge in [0.25, 0.3) is 0 Å². The molecule has 3 rings (SSSR count). The van der Waals surface area contributed by atoms with Gasteiger partial charge in [0.2, 0.25) is 5.91 Å². The molecule has 1 aromatic carbocycles. The van der Waals surface area contributed by atoms with E-state index in [1.165, 1.54) is 5.56 Å². The lowest BCUT2D eigenvalue weighted by Crippen LogP contribution is -2.12. The molecule has 19 heavy (non-hydrogen) atoms. The molecule has 4 heteroatoms. The van der Waals surface area contributed by atoms with Crippen LogP contribution in [0.2, 0.25) is 0 Å².